The molecule has 1 saturated heterocycles. The molecule has 1 aromatic heterocycles. The molecule has 3 rings (SSSR count). The first-order valence-corrected chi connectivity index (χ1v) is 10.7. The fourth-order valence-corrected chi connectivity index (χ4v) is 5.03. The number of benzene rings is 1. The van der Waals surface area contributed by atoms with E-state index >= 15 is 0 Å². The molecular weight excluding hydrogens is 388 g/mol. The van der Waals surface area contributed by atoms with E-state index in [2.05, 4.69) is 10.4 Å². The van der Waals surface area contributed by atoms with Crippen molar-refractivity contribution in [2.45, 2.75) is 50.6 Å². The number of halogens is 1. The van der Waals surface area contributed by atoms with Crippen LogP contribution in [-0.4, -0.2) is 41.0 Å². The molecule has 1 atom stereocenters. The highest BCUT2D eigenvalue weighted by Crippen LogP contribution is 2.28. The molecule has 1 aromatic carbocycles. The van der Waals surface area contributed by atoms with Crippen molar-refractivity contribution < 1.29 is 13.2 Å². The molecule has 0 unspecified atom stereocenters. The van der Waals surface area contributed by atoms with E-state index in [9.17, 15) is 13.2 Å². The maximum Gasteiger partial charge on any atom is 0.243 e. The van der Waals surface area contributed by atoms with Gasteiger partial charge >= 0.3 is 0 Å². The van der Waals surface area contributed by atoms with E-state index in [1.807, 2.05) is 20.8 Å². The summed E-state index contributed by atoms with van der Waals surface area (Å²) in [6.07, 6.45) is 1.11. The summed E-state index contributed by atoms with van der Waals surface area (Å²) >= 11 is 5.85. The minimum Gasteiger partial charge on any atom is -0.309 e. The summed E-state index contributed by atoms with van der Waals surface area (Å²) in [5.41, 5.74) is 0.788. The van der Waals surface area contributed by atoms with Crippen LogP contribution < -0.4 is 5.32 Å². The van der Waals surface area contributed by atoms with Crippen molar-refractivity contribution in [3.8, 4) is 0 Å². The molecule has 7 nitrogen and oxygen atoms in total. The van der Waals surface area contributed by atoms with Gasteiger partial charge in [0.1, 0.15) is 11.9 Å². The molecule has 1 aliphatic heterocycles. The molecule has 0 spiro atoms. The van der Waals surface area contributed by atoms with E-state index in [1.54, 1.807) is 10.7 Å². The van der Waals surface area contributed by atoms with Gasteiger partial charge in [0.15, 0.2) is 0 Å². The summed E-state index contributed by atoms with van der Waals surface area (Å²) in [5.74, 6) is 0.232. The maximum absolute atomic E-state index is 13.0. The van der Waals surface area contributed by atoms with Crippen LogP contribution in [-0.2, 0) is 14.8 Å². The molecule has 0 radical (unpaired) electrons. The average molecular weight is 411 g/mol. The zero-order chi connectivity index (χ0) is 19.8. The Morgan fingerprint density at radius 1 is 1.30 bits per heavy atom. The number of aryl methyl sites for hydroxylation is 1. The molecule has 0 aliphatic carbocycles. The number of carbonyl (C=O) groups is 1. The predicted molar refractivity (Wildman–Crippen MR) is 104 cm³/mol. The number of nitrogens with zero attached hydrogens (tertiary/aromatic N) is 3. The normalized spacial score (nSPS) is 18.2. The summed E-state index contributed by atoms with van der Waals surface area (Å²) in [6.45, 7) is 6.09. The van der Waals surface area contributed by atoms with Crippen LogP contribution in [0.5, 0.6) is 0 Å². The van der Waals surface area contributed by atoms with Gasteiger partial charge in [-0.15, -0.1) is 0 Å². The second-order valence-corrected chi connectivity index (χ2v) is 9.25. The summed E-state index contributed by atoms with van der Waals surface area (Å²) < 4.78 is 29.0. The van der Waals surface area contributed by atoms with E-state index in [4.69, 9.17) is 11.6 Å². The molecule has 0 bridgehead atoms. The molecule has 2 aromatic rings. The first-order chi connectivity index (χ1) is 12.7. The number of hydrogen-bond acceptors (Lipinski definition) is 4. The van der Waals surface area contributed by atoms with E-state index in [0.29, 0.717) is 30.2 Å². The largest absolute Gasteiger partial charge is 0.309 e. The Labute approximate surface area is 164 Å². The lowest BCUT2D eigenvalue weighted by molar-refractivity contribution is -0.119. The highest BCUT2D eigenvalue weighted by atomic mass is 35.5. The van der Waals surface area contributed by atoms with Crippen molar-refractivity contribution in [1.29, 1.82) is 0 Å². The number of carbonyl (C=O) groups excluding carboxylic acids is 1. The highest BCUT2D eigenvalue weighted by Gasteiger charge is 2.39. The Balaban J connectivity index is 1.84. The molecule has 27 heavy (non-hydrogen) atoms. The third kappa shape index (κ3) is 4.02. The second-order valence-electron chi connectivity index (χ2n) is 6.93. The van der Waals surface area contributed by atoms with Crippen LogP contribution in [0.2, 0.25) is 5.02 Å². The summed E-state index contributed by atoms with van der Waals surface area (Å²) in [4.78, 5) is 13.0. The van der Waals surface area contributed by atoms with Crippen molar-refractivity contribution in [2.75, 3.05) is 11.9 Å². The third-order valence-electron chi connectivity index (χ3n) is 4.52. The molecule has 1 aliphatic rings. The van der Waals surface area contributed by atoms with Crippen molar-refractivity contribution >= 4 is 33.3 Å². The van der Waals surface area contributed by atoms with Gasteiger partial charge in [0.25, 0.3) is 0 Å². The molecule has 0 saturated carbocycles. The quantitative estimate of drug-likeness (QED) is 0.820. The number of sulfonamides is 1. The number of anilines is 1. The van der Waals surface area contributed by atoms with E-state index in [0.717, 1.165) is 5.69 Å². The van der Waals surface area contributed by atoms with Crippen LogP contribution in [0.25, 0.3) is 0 Å². The van der Waals surface area contributed by atoms with Crippen LogP contribution in [0.15, 0.2) is 35.2 Å². The maximum atomic E-state index is 13.0. The van der Waals surface area contributed by atoms with Crippen molar-refractivity contribution in [1.82, 2.24) is 14.1 Å². The first-order valence-electron chi connectivity index (χ1n) is 8.84. The Bertz CT molecular complexity index is 938. The summed E-state index contributed by atoms with van der Waals surface area (Å²) in [6, 6.07) is 7.09. The van der Waals surface area contributed by atoms with E-state index < -0.39 is 16.1 Å². The molecule has 2 heterocycles. The van der Waals surface area contributed by atoms with Crippen molar-refractivity contribution in [3.63, 3.8) is 0 Å². The van der Waals surface area contributed by atoms with Gasteiger partial charge in [-0.05, 0) is 57.9 Å². The Hall–Kier alpha value is -1.90. The zero-order valence-electron chi connectivity index (χ0n) is 15.5. The van der Waals surface area contributed by atoms with Crippen LogP contribution in [0.1, 0.15) is 38.4 Å². The molecule has 146 valence electrons. The monoisotopic (exact) mass is 410 g/mol. The molecular formula is C18H23ClN4O3S. The smallest absolute Gasteiger partial charge is 0.243 e. The van der Waals surface area contributed by atoms with Crippen LogP contribution >= 0.6 is 11.6 Å². The number of amides is 1. The summed E-state index contributed by atoms with van der Waals surface area (Å²) in [7, 11) is -3.77. The lowest BCUT2D eigenvalue weighted by Gasteiger charge is -2.23. The van der Waals surface area contributed by atoms with Gasteiger partial charge in [0.2, 0.25) is 15.9 Å². The fraction of sp³-hybridized carbons (Fsp3) is 0.444. The lowest BCUT2D eigenvalue weighted by atomic mass is 10.2. The van der Waals surface area contributed by atoms with Crippen molar-refractivity contribution in [3.05, 3.63) is 41.0 Å². The standard InChI is InChI=1S/C18H23ClN4O3S/c1-12(2)23-17(11-13(3)21-23)20-18(24)16-5-4-10-22(16)27(25,26)15-8-6-14(19)7-9-15/h6-9,11-12,16H,4-5,10H2,1-3H3,(H,20,24)/t16-/m1/s1. The predicted octanol–water partition coefficient (Wildman–Crippen LogP) is 3.22. The fourth-order valence-electron chi connectivity index (χ4n) is 3.25. The number of aromatic nitrogens is 2. The zero-order valence-corrected chi connectivity index (χ0v) is 17.1. The second kappa shape index (κ2) is 7.61. The Kier molecular flexibility index (Phi) is 5.60. The minimum atomic E-state index is -3.77. The van der Waals surface area contributed by atoms with Gasteiger partial charge in [0.05, 0.1) is 10.6 Å². The minimum absolute atomic E-state index is 0.0754. The van der Waals surface area contributed by atoms with Gasteiger partial charge in [-0.25, -0.2) is 13.1 Å². The molecule has 1 fully saturated rings. The van der Waals surface area contributed by atoms with Gasteiger partial charge < -0.3 is 5.32 Å². The average Bonchev–Trinajstić information content (AvgIpc) is 3.22. The molecule has 9 heteroatoms. The van der Waals surface area contributed by atoms with Gasteiger partial charge in [-0.2, -0.15) is 9.40 Å². The summed E-state index contributed by atoms with van der Waals surface area (Å²) in [5, 5.41) is 7.68. The van der Waals surface area contributed by atoms with Crippen molar-refractivity contribution in [2.24, 2.45) is 0 Å². The van der Waals surface area contributed by atoms with E-state index in [-0.39, 0.29) is 16.8 Å². The first kappa shape index (κ1) is 19.9. The van der Waals surface area contributed by atoms with Gasteiger partial charge in [-0.3, -0.25) is 4.79 Å². The Morgan fingerprint density at radius 3 is 2.59 bits per heavy atom. The van der Waals surface area contributed by atoms with Gasteiger partial charge in [0, 0.05) is 23.7 Å². The van der Waals surface area contributed by atoms with Gasteiger partial charge in [-0.1, -0.05) is 11.6 Å². The van der Waals surface area contributed by atoms with Crippen LogP contribution in [0.3, 0.4) is 0 Å². The van der Waals surface area contributed by atoms with Crippen LogP contribution in [0.4, 0.5) is 5.82 Å². The van der Waals surface area contributed by atoms with E-state index in [1.165, 1.54) is 28.6 Å². The number of rotatable bonds is 5. The third-order valence-corrected chi connectivity index (χ3v) is 6.70. The highest BCUT2D eigenvalue weighted by molar-refractivity contribution is 7.89. The number of nitrogens with one attached hydrogen (secondary N) is 1. The number of hydrogen-bond donors (Lipinski definition) is 1. The molecule has 1 amide bonds. The SMILES string of the molecule is Cc1cc(NC(=O)[C@H]2CCCN2S(=O)(=O)c2ccc(Cl)cc2)n(C(C)C)n1. The van der Waals surface area contributed by atoms with Crippen LogP contribution in [0, 0.1) is 6.92 Å². The molecule has 1 N–H and O–H groups in total. The topological polar surface area (TPSA) is 84.3 Å². The Morgan fingerprint density at radius 2 is 1.96 bits per heavy atom. The lowest BCUT2D eigenvalue weighted by Crippen LogP contribution is -2.43.